The molecule has 0 heterocycles. The predicted molar refractivity (Wildman–Crippen MR) is 94.4 cm³/mol. The van der Waals surface area contributed by atoms with Gasteiger partial charge in [0, 0.05) is 0 Å². The van der Waals surface area contributed by atoms with E-state index in [4.69, 9.17) is 0 Å². The van der Waals surface area contributed by atoms with Gasteiger partial charge in [0.05, 0.1) is 0 Å². The van der Waals surface area contributed by atoms with Crippen LogP contribution in [0.3, 0.4) is 0 Å². The number of hydrogen-bond acceptors (Lipinski definition) is 0. The fourth-order valence-electron chi connectivity index (χ4n) is 5.89. The van der Waals surface area contributed by atoms with Gasteiger partial charge < -0.3 is 0 Å². The molecule has 0 N–H and O–H groups in total. The van der Waals surface area contributed by atoms with Crippen molar-refractivity contribution < 1.29 is 0 Å². The summed E-state index contributed by atoms with van der Waals surface area (Å²) in [7, 11) is 0. The van der Waals surface area contributed by atoms with Gasteiger partial charge in [-0.1, -0.05) is 54.4 Å². The Morgan fingerprint density at radius 3 is 1.76 bits per heavy atom. The maximum Gasteiger partial charge on any atom is -0.0243 e. The Hall–Kier alpha value is 0. The zero-order valence-corrected chi connectivity index (χ0v) is 15.6. The molecule has 0 spiro atoms. The summed E-state index contributed by atoms with van der Waals surface area (Å²) in [6.45, 7) is 14.9. The summed E-state index contributed by atoms with van der Waals surface area (Å²) < 4.78 is 0. The average molecular weight is 293 g/mol. The predicted octanol–water partition coefficient (Wildman–Crippen LogP) is 6.94. The maximum atomic E-state index is 2.53. The number of hydrogen-bond donors (Lipinski definition) is 0. The minimum Gasteiger partial charge on any atom is -0.0625 e. The van der Waals surface area contributed by atoms with Crippen LogP contribution in [0.5, 0.6) is 0 Å². The lowest BCUT2D eigenvalue weighted by Crippen LogP contribution is -2.45. The molecule has 0 aromatic carbocycles. The molecular weight excluding hydrogens is 252 g/mol. The fraction of sp³-hybridized carbons (Fsp3) is 1.00. The molecule has 0 amide bonds. The first-order chi connectivity index (χ1) is 9.88. The van der Waals surface area contributed by atoms with Crippen molar-refractivity contribution >= 4 is 0 Å². The van der Waals surface area contributed by atoms with Crippen LogP contribution in [0.4, 0.5) is 0 Å². The summed E-state index contributed by atoms with van der Waals surface area (Å²) in [5.41, 5.74) is 0.667. The molecule has 0 nitrogen and oxygen atoms in total. The second-order valence-corrected chi connectivity index (χ2v) is 9.27. The van der Waals surface area contributed by atoms with E-state index in [0.29, 0.717) is 5.41 Å². The van der Waals surface area contributed by atoms with Gasteiger partial charge in [0.15, 0.2) is 0 Å². The quantitative estimate of drug-likeness (QED) is 0.526. The lowest BCUT2D eigenvalue weighted by Gasteiger charge is -2.54. The van der Waals surface area contributed by atoms with Crippen molar-refractivity contribution in [3.63, 3.8) is 0 Å². The largest absolute Gasteiger partial charge is 0.0625 e. The molecule has 21 heavy (non-hydrogen) atoms. The van der Waals surface area contributed by atoms with E-state index in [1.165, 1.54) is 51.4 Å². The smallest absolute Gasteiger partial charge is 0.0243 e. The molecule has 0 radical (unpaired) electrons. The van der Waals surface area contributed by atoms with Gasteiger partial charge in [-0.15, -0.1) is 0 Å². The van der Waals surface area contributed by atoms with Crippen LogP contribution in [0, 0.1) is 40.9 Å². The van der Waals surface area contributed by atoms with Crippen molar-refractivity contribution in [3.05, 3.63) is 0 Å². The van der Waals surface area contributed by atoms with E-state index >= 15 is 0 Å². The van der Waals surface area contributed by atoms with Crippen LogP contribution in [0.25, 0.3) is 0 Å². The normalized spacial score (nSPS) is 38.4. The minimum absolute atomic E-state index is 0.667. The molecular formula is C21H40. The highest BCUT2D eigenvalue weighted by molar-refractivity contribution is 4.97. The molecule has 0 aromatic heterocycles. The topological polar surface area (TPSA) is 0 Å². The second-order valence-electron chi connectivity index (χ2n) is 9.27. The van der Waals surface area contributed by atoms with Crippen molar-refractivity contribution in [1.29, 1.82) is 0 Å². The summed E-state index contributed by atoms with van der Waals surface area (Å²) in [6.07, 6.45) is 12.0. The third kappa shape index (κ3) is 3.50. The van der Waals surface area contributed by atoms with E-state index in [1.807, 2.05) is 0 Å². The second kappa shape index (κ2) is 7.05. The highest BCUT2D eigenvalue weighted by Gasteiger charge is 2.48. The van der Waals surface area contributed by atoms with Crippen molar-refractivity contribution in [3.8, 4) is 0 Å². The minimum atomic E-state index is 0.667. The molecule has 0 aliphatic heterocycles. The van der Waals surface area contributed by atoms with Crippen LogP contribution in [0.2, 0.25) is 0 Å². The van der Waals surface area contributed by atoms with E-state index in [0.717, 1.165) is 35.5 Å². The molecule has 0 bridgehead atoms. The first-order valence-corrected chi connectivity index (χ1v) is 9.88. The third-order valence-corrected chi connectivity index (χ3v) is 7.47. The van der Waals surface area contributed by atoms with E-state index in [-0.39, 0.29) is 0 Å². The Kier molecular flexibility index (Phi) is 5.83. The van der Waals surface area contributed by atoms with Crippen LogP contribution >= 0.6 is 0 Å². The molecule has 0 aromatic rings. The first-order valence-electron chi connectivity index (χ1n) is 9.88. The van der Waals surface area contributed by atoms with E-state index in [2.05, 4.69) is 41.5 Å². The van der Waals surface area contributed by atoms with Crippen molar-refractivity contribution in [1.82, 2.24) is 0 Å². The Labute approximate surface area is 134 Å². The molecule has 2 rings (SSSR count). The van der Waals surface area contributed by atoms with Crippen LogP contribution in [-0.2, 0) is 0 Å². The Morgan fingerprint density at radius 2 is 1.29 bits per heavy atom. The molecule has 2 atom stereocenters. The van der Waals surface area contributed by atoms with Crippen LogP contribution in [0.1, 0.15) is 92.9 Å². The van der Waals surface area contributed by atoms with Crippen LogP contribution in [-0.4, -0.2) is 0 Å². The summed E-state index contributed by atoms with van der Waals surface area (Å²) in [5, 5.41) is 0. The highest BCUT2D eigenvalue weighted by atomic mass is 14.5. The molecule has 2 aliphatic carbocycles. The summed E-state index contributed by atoms with van der Waals surface area (Å²) >= 11 is 0. The maximum absolute atomic E-state index is 2.53. The molecule has 0 heteroatoms. The van der Waals surface area contributed by atoms with Gasteiger partial charge in [-0.2, -0.15) is 0 Å². The molecule has 124 valence electrons. The van der Waals surface area contributed by atoms with Crippen LogP contribution < -0.4 is 0 Å². The van der Waals surface area contributed by atoms with Gasteiger partial charge in [0.2, 0.25) is 0 Å². The van der Waals surface area contributed by atoms with E-state index in [9.17, 15) is 0 Å². The van der Waals surface area contributed by atoms with Gasteiger partial charge in [0.1, 0.15) is 0 Å². The average Bonchev–Trinajstić information content (AvgIpc) is 2.47. The standard InChI is InChI=1S/C21H40/c1-15(2)18-11-13-21(14-12-18,17(5)6)20-10-8-7-9-19(20)16(3)4/h15-20H,7-14H2,1-6H3. The fourth-order valence-corrected chi connectivity index (χ4v) is 5.89. The van der Waals surface area contributed by atoms with Gasteiger partial charge in [-0.3, -0.25) is 0 Å². The lowest BCUT2D eigenvalue weighted by atomic mass is 9.51. The highest BCUT2D eigenvalue weighted by Crippen LogP contribution is 2.57. The van der Waals surface area contributed by atoms with Crippen molar-refractivity contribution in [2.45, 2.75) is 92.9 Å². The Morgan fingerprint density at radius 1 is 0.714 bits per heavy atom. The monoisotopic (exact) mass is 292 g/mol. The Balaban J connectivity index is 2.18. The van der Waals surface area contributed by atoms with Gasteiger partial charge in [-0.05, 0) is 79.4 Å². The van der Waals surface area contributed by atoms with Crippen LogP contribution in [0.15, 0.2) is 0 Å². The van der Waals surface area contributed by atoms with Crippen molar-refractivity contribution in [2.24, 2.45) is 40.9 Å². The number of rotatable bonds is 4. The first kappa shape index (κ1) is 17.4. The van der Waals surface area contributed by atoms with Gasteiger partial charge >= 0.3 is 0 Å². The van der Waals surface area contributed by atoms with Gasteiger partial charge in [0.25, 0.3) is 0 Å². The summed E-state index contributed by atoms with van der Waals surface area (Å²) in [6, 6.07) is 0. The molecule has 2 fully saturated rings. The summed E-state index contributed by atoms with van der Waals surface area (Å²) in [4.78, 5) is 0. The molecule has 0 saturated heterocycles. The summed E-state index contributed by atoms with van der Waals surface area (Å²) in [5.74, 6) is 5.65. The zero-order chi connectivity index (χ0) is 15.6. The lowest BCUT2D eigenvalue weighted by molar-refractivity contribution is -0.0430. The molecule has 2 unspecified atom stereocenters. The van der Waals surface area contributed by atoms with Gasteiger partial charge in [-0.25, -0.2) is 0 Å². The third-order valence-electron chi connectivity index (χ3n) is 7.47. The Bertz CT molecular complexity index is 304. The van der Waals surface area contributed by atoms with Crippen molar-refractivity contribution in [2.75, 3.05) is 0 Å². The SMILES string of the molecule is CC(C)C1CCC(C(C)C)(C2CCCCC2C(C)C)CC1. The zero-order valence-electron chi connectivity index (χ0n) is 15.6. The molecule has 2 saturated carbocycles. The molecule has 2 aliphatic rings. The van der Waals surface area contributed by atoms with E-state index in [1.54, 1.807) is 0 Å². The van der Waals surface area contributed by atoms with E-state index < -0.39 is 0 Å².